The van der Waals surface area contributed by atoms with Crippen LogP contribution in [0.25, 0.3) is 11.0 Å². The van der Waals surface area contributed by atoms with Crippen LogP contribution in [0.2, 0.25) is 10.0 Å². The van der Waals surface area contributed by atoms with Crippen LogP contribution < -0.4 is 15.4 Å². The van der Waals surface area contributed by atoms with Crippen molar-refractivity contribution < 1.29 is 23.4 Å². The van der Waals surface area contributed by atoms with E-state index in [1.54, 1.807) is 30.3 Å². The first-order valence-electron chi connectivity index (χ1n) is 10.4. The molecule has 170 valence electrons. The van der Waals surface area contributed by atoms with E-state index in [2.05, 4.69) is 10.6 Å². The normalized spacial score (nSPS) is 19.2. The fraction of sp³-hybridized carbons (Fsp3) is 0.348. The molecule has 0 radical (unpaired) electrons. The highest BCUT2D eigenvalue weighted by atomic mass is 35.5. The highest BCUT2D eigenvalue weighted by Gasteiger charge is 2.27. The number of nitrogens with one attached hydrogen (secondary N) is 2. The van der Waals surface area contributed by atoms with Gasteiger partial charge in [0.25, 0.3) is 5.91 Å². The summed E-state index contributed by atoms with van der Waals surface area (Å²) < 4.78 is 24.5. The minimum absolute atomic E-state index is 0.0160. The van der Waals surface area contributed by atoms with Gasteiger partial charge in [-0.05, 0) is 55.7 Å². The number of rotatable bonds is 8. The second-order valence-corrected chi connectivity index (χ2v) is 8.77. The fourth-order valence-corrected chi connectivity index (χ4v) is 4.10. The average molecular weight is 481 g/mol. The molecule has 3 atom stereocenters. The smallest absolute Gasteiger partial charge is 0.287 e. The molecule has 6 nitrogen and oxygen atoms in total. The number of carbonyl (C=O) groups excluding carboxylic acids is 1. The minimum Gasteiger partial charge on any atom is -0.491 e. The van der Waals surface area contributed by atoms with E-state index < -0.39 is 11.9 Å². The van der Waals surface area contributed by atoms with E-state index in [1.165, 1.54) is 12.1 Å². The van der Waals surface area contributed by atoms with Crippen molar-refractivity contribution in [1.29, 1.82) is 0 Å². The van der Waals surface area contributed by atoms with Crippen molar-refractivity contribution in [2.45, 2.75) is 37.5 Å². The summed E-state index contributed by atoms with van der Waals surface area (Å²) >= 11 is 11.6. The number of benzene rings is 2. The quantitative estimate of drug-likeness (QED) is 0.440. The summed E-state index contributed by atoms with van der Waals surface area (Å²) in [4.78, 5) is 12.5. The maximum atomic E-state index is 13.4. The molecule has 1 fully saturated rings. The van der Waals surface area contributed by atoms with Gasteiger partial charge >= 0.3 is 0 Å². The number of aliphatic hydroxyl groups excluding tert-OH is 1. The van der Waals surface area contributed by atoms with Crippen molar-refractivity contribution in [1.82, 2.24) is 10.6 Å². The third kappa shape index (κ3) is 5.72. The molecule has 0 bridgehead atoms. The van der Waals surface area contributed by atoms with Gasteiger partial charge in [0.1, 0.15) is 29.9 Å². The number of aliphatic hydroxyl groups is 1. The van der Waals surface area contributed by atoms with E-state index in [1.807, 2.05) is 0 Å². The Morgan fingerprint density at radius 3 is 2.81 bits per heavy atom. The topological polar surface area (TPSA) is 83.7 Å². The summed E-state index contributed by atoms with van der Waals surface area (Å²) in [7, 11) is 0. The van der Waals surface area contributed by atoms with Gasteiger partial charge in [0.2, 0.25) is 0 Å². The van der Waals surface area contributed by atoms with Crippen LogP contribution in [-0.2, 0) is 0 Å². The monoisotopic (exact) mass is 480 g/mol. The molecule has 32 heavy (non-hydrogen) atoms. The molecule has 3 aromatic rings. The van der Waals surface area contributed by atoms with E-state index in [9.17, 15) is 14.3 Å². The van der Waals surface area contributed by atoms with Crippen LogP contribution in [-0.4, -0.2) is 42.4 Å². The molecule has 1 aliphatic carbocycles. The van der Waals surface area contributed by atoms with Gasteiger partial charge in [-0.1, -0.05) is 23.2 Å². The Labute approximate surface area is 194 Å². The molecular weight excluding hydrogens is 458 g/mol. The first-order chi connectivity index (χ1) is 15.4. The van der Waals surface area contributed by atoms with Gasteiger partial charge in [-0.2, -0.15) is 0 Å². The van der Waals surface area contributed by atoms with Gasteiger partial charge in [0.15, 0.2) is 5.76 Å². The third-order valence-corrected chi connectivity index (χ3v) is 5.99. The average Bonchev–Trinajstić information content (AvgIpc) is 3.39. The fourth-order valence-electron chi connectivity index (χ4n) is 3.80. The molecule has 1 aliphatic rings. The number of amides is 1. The predicted octanol–water partition coefficient (Wildman–Crippen LogP) is 4.56. The highest BCUT2D eigenvalue weighted by molar-refractivity contribution is 6.31. The maximum absolute atomic E-state index is 13.4. The number of halogens is 3. The van der Waals surface area contributed by atoms with Crippen LogP contribution >= 0.6 is 23.2 Å². The van der Waals surface area contributed by atoms with Crippen LogP contribution in [0.1, 0.15) is 29.8 Å². The molecule has 9 heteroatoms. The molecule has 0 spiro atoms. The molecule has 4 rings (SSSR count). The standard InChI is InChI=1S/C23H23Cl2FN2O4/c24-14-1-6-21-13(7-14)8-22(32-21)23(30)28-16-3-2-15(9-16)27-11-17(29)12-31-18-4-5-19(25)20(26)10-18/h1,4-8,10,15-17,27,29H,2-3,9,11-12H2,(H,28,30)/t15?,16?,17-/m1/s1. The van der Waals surface area contributed by atoms with Gasteiger partial charge in [0.05, 0.1) is 5.02 Å². The van der Waals surface area contributed by atoms with Gasteiger partial charge in [0, 0.05) is 35.1 Å². The molecule has 0 aliphatic heterocycles. The molecular formula is C23H23Cl2FN2O4. The number of furan rings is 1. The van der Waals surface area contributed by atoms with Crippen LogP contribution in [0.15, 0.2) is 46.9 Å². The Morgan fingerprint density at radius 1 is 1.19 bits per heavy atom. The van der Waals surface area contributed by atoms with Crippen molar-refractivity contribution in [2.24, 2.45) is 0 Å². The first kappa shape index (κ1) is 22.9. The summed E-state index contributed by atoms with van der Waals surface area (Å²) in [6, 6.07) is 11.2. The number of ether oxygens (including phenoxy) is 1. The van der Waals surface area contributed by atoms with Crippen LogP contribution in [0, 0.1) is 5.82 Å². The molecule has 3 N–H and O–H groups in total. The lowest BCUT2D eigenvalue weighted by molar-refractivity contribution is 0.0910. The van der Waals surface area contributed by atoms with Gasteiger partial charge in [-0.25, -0.2) is 4.39 Å². The van der Waals surface area contributed by atoms with Crippen molar-refractivity contribution in [3.63, 3.8) is 0 Å². The summed E-state index contributed by atoms with van der Waals surface area (Å²) in [5.74, 6) is -0.263. The summed E-state index contributed by atoms with van der Waals surface area (Å²) in [5, 5.41) is 17.8. The lowest BCUT2D eigenvalue weighted by Crippen LogP contribution is -2.39. The van der Waals surface area contributed by atoms with Crippen molar-refractivity contribution in [3.8, 4) is 5.75 Å². The summed E-state index contributed by atoms with van der Waals surface area (Å²) in [5.41, 5.74) is 0.614. The van der Waals surface area contributed by atoms with Crippen LogP contribution in [0.4, 0.5) is 4.39 Å². The summed E-state index contributed by atoms with van der Waals surface area (Å²) in [6.45, 7) is 0.350. The Kier molecular flexibility index (Phi) is 7.20. The zero-order chi connectivity index (χ0) is 22.7. The van der Waals surface area contributed by atoms with Gasteiger partial charge in [-0.15, -0.1) is 0 Å². The number of hydrogen-bond acceptors (Lipinski definition) is 5. The van der Waals surface area contributed by atoms with Crippen molar-refractivity contribution in [3.05, 3.63) is 64.1 Å². The largest absolute Gasteiger partial charge is 0.491 e. The second-order valence-electron chi connectivity index (χ2n) is 7.92. The second kappa shape index (κ2) is 10.1. The molecule has 1 saturated carbocycles. The first-order valence-corrected chi connectivity index (χ1v) is 11.1. The van der Waals surface area contributed by atoms with E-state index in [4.69, 9.17) is 32.4 Å². The SMILES string of the molecule is O=C(NC1CCC(NC[C@@H](O)COc2ccc(Cl)c(F)c2)C1)c1cc2cc(Cl)ccc2o1. The third-order valence-electron chi connectivity index (χ3n) is 5.45. The number of carbonyl (C=O) groups is 1. The molecule has 0 saturated heterocycles. The van der Waals surface area contributed by atoms with E-state index >= 15 is 0 Å². The van der Waals surface area contributed by atoms with E-state index in [-0.39, 0.29) is 35.4 Å². The Hall–Kier alpha value is -2.32. The molecule has 2 unspecified atom stereocenters. The van der Waals surface area contributed by atoms with Crippen molar-refractivity contribution in [2.75, 3.05) is 13.2 Å². The lowest BCUT2D eigenvalue weighted by atomic mass is 10.2. The molecule has 1 aromatic heterocycles. The Morgan fingerprint density at radius 2 is 2.00 bits per heavy atom. The number of hydrogen-bond donors (Lipinski definition) is 3. The van der Waals surface area contributed by atoms with Gasteiger partial charge in [-0.3, -0.25) is 4.79 Å². The molecule has 1 heterocycles. The lowest BCUT2D eigenvalue weighted by Gasteiger charge is -2.17. The number of fused-ring (bicyclic) bond motifs is 1. The van der Waals surface area contributed by atoms with Crippen LogP contribution in [0.3, 0.4) is 0 Å². The zero-order valence-corrected chi connectivity index (χ0v) is 18.6. The van der Waals surface area contributed by atoms with Crippen LogP contribution in [0.5, 0.6) is 5.75 Å². The zero-order valence-electron chi connectivity index (χ0n) is 17.1. The summed E-state index contributed by atoms with van der Waals surface area (Å²) in [6.07, 6.45) is 1.68. The predicted molar refractivity (Wildman–Crippen MR) is 121 cm³/mol. The Balaban J connectivity index is 1.20. The minimum atomic E-state index is -0.759. The van der Waals surface area contributed by atoms with Crippen molar-refractivity contribution >= 4 is 40.1 Å². The molecule has 1 amide bonds. The Bertz CT molecular complexity index is 1110. The van der Waals surface area contributed by atoms with E-state index in [0.717, 1.165) is 24.6 Å². The van der Waals surface area contributed by atoms with Gasteiger partial charge < -0.3 is 24.9 Å². The maximum Gasteiger partial charge on any atom is 0.287 e. The highest BCUT2D eigenvalue weighted by Crippen LogP contribution is 2.25. The van der Waals surface area contributed by atoms with E-state index in [0.29, 0.717) is 22.9 Å². The molecule has 2 aromatic carbocycles.